The second-order valence-electron chi connectivity index (χ2n) is 2.69. The number of hydrogen-bond donors (Lipinski definition) is 1. The quantitative estimate of drug-likeness (QED) is 0.767. The Morgan fingerprint density at radius 1 is 1.29 bits per heavy atom. The number of rotatable bonds is 0. The van der Waals surface area contributed by atoms with Gasteiger partial charge in [-0.3, -0.25) is 0 Å². The number of anilines is 1. The lowest BCUT2D eigenvalue weighted by Gasteiger charge is -1.96. The third-order valence-corrected chi connectivity index (χ3v) is 3.76. The van der Waals surface area contributed by atoms with Gasteiger partial charge in [-0.25, -0.2) is 0 Å². The summed E-state index contributed by atoms with van der Waals surface area (Å²) in [5.74, 6) is 0. The first kappa shape index (κ1) is 9.60. The molecule has 2 aromatic rings. The minimum Gasteiger partial charge on any atom is -0.396 e. The highest BCUT2D eigenvalue weighted by Crippen LogP contribution is 2.41. The minimum absolute atomic E-state index is 0.417. The number of benzene rings is 1. The molecule has 1 aromatic heterocycles. The zero-order chi connectivity index (χ0) is 10.3. The van der Waals surface area contributed by atoms with Crippen LogP contribution in [0.2, 0.25) is 10.0 Å². The number of thiophene rings is 1. The number of hydrogen-bond acceptors (Lipinski definition) is 3. The van der Waals surface area contributed by atoms with Crippen molar-refractivity contribution in [1.29, 1.82) is 5.26 Å². The predicted molar refractivity (Wildman–Crippen MR) is 61.0 cm³/mol. The van der Waals surface area contributed by atoms with Gasteiger partial charge in [0, 0.05) is 5.39 Å². The van der Waals surface area contributed by atoms with E-state index < -0.39 is 0 Å². The van der Waals surface area contributed by atoms with Crippen molar-refractivity contribution in [3.8, 4) is 6.07 Å². The Morgan fingerprint density at radius 3 is 2.50 bits per heavy atom. The molecule has 0 amide bonds. The van der Waals surface area contributed by atoms with Crippen molar-refractivity contribution in [3.63, 3.8) is 0 Å². The lowest BCUT2D eigenvalue weighted by Crippen LogP contribution is -1.84. The van der Waals surface area contributed by atoms with Crippen LogP contribution < -0.4 is 5.73 Å². The Hall–Kier alpha value is -0.950. The Morgan fingerprint density at radius 2 is 1.93 bits per heavy atom. The summed E-state index contributed by atoms with van der Waals surface area (Å²) in [5, 5.41) is 10.6. The minimum atomic E-state index is 0.417. The molecule has 2 N–H and O–H groups in total. The zero-order valence-corrected chi connectivity index (χ0v) is 9.17. The number of nitrogen functional groups attached to an aromatic ring is 1. The van der Waals surface area contributed by atoms with Crippen LogP contribution in [0.4, 0.5) is 5.69 Å². The maximum atomic E-state index is 8.80. The van der Waals surface area contributed by atoms with E-state index in [0.29, 0.717) is 26.0 Å². The third kappa shape index (κ3) is 1.24. The van der Waals surface area contributed by atoms with Gasteiger partial charge in [-0.05, 0) is 12.1 Å². The number of nitrogens with two attached hydrogens (primary N) is 1. The Labute approximate surface area is 94.5 Å². The average molecular weight is 243 g/mol. The van der Waals surface area contributed by atoms with Gasteiger partial charge >= 0.3 is 0 Å². The molecule has 0 saturated carbocycles. The number of nitriles is 1. The van der Waals surface area contributed by atoms with E-state index in [2.05, 4.69) is 0 Å². The van der Waals surface area contributed by atoms with Gasteiger partial charge in [0.05, 0.1) is 20.4 Å². The van der Waals surface area contributed by atoms with Gasteiger partial charge in [0.15, 0.2) is 0 Å². The number of nitrogens with zero attached hydrogens (tertiary/aromatic N) is 1. The van der Waals surface area contributed by atoms with Crippen molar-refractivity contribution in [2.75, 3.05) is 5.73 Å². The van der Waals surface area contributed by atoms with E-state index in [0.717, 1.165) is 4.70 Å². The molecule has 0 fully saturated rings. The summed E-state index contributed by atoms with van der Waals surface area (Å²) in [6.45, 7) is 0. The topological polar surface area (TPSA) is 49.8 Å². The van der Waals surface area contributed by atoms with E-state index in [9.17, 15) is 0 Å². The van der Waals surface area contributed by atoms with Crippen molar-refractivity contribution in [2.45, 2.75) is 0 Å². The molecule has 0 saturated heterocycles. The molecule has 0 bridgehead atoms. The predicted octanol–water partition coefficient (Wildman–Crippen LogP) is 3.66. The fourth-order valence-electron chi connectivity index (χ4n) is 1.24. The normalized spacial score (nSPS) is 10.4. The first-order valence-electron chi connectivity index (χ1n) is 3.71. The van der Waals surface area contributed by atoms with Gasteiger partial charge in [0.25, 0.3) is 0 Å². The standard InChI is InChI=1S/C9H4Cl2N2S/c10-4-1-2-5(11)9-7(4)8(13)6(3-12)14-9/h1-2H,13H2. The highest BCUT2D eigenvalue weighted by atomic mass is 35.5. The Kier molecular flexibility index (Phi) is 2.28. The van der Waals surface area contributed by atoms with Crippen molar-refractivity contribution in [2.24, 2.45) is 0 Å². The summed E-state index contributed by atoms with van der Waals surface area (Å²) < 4.78 is 0.771. The molecule has 5 heteroatoms. The van der Waals surface area contributed by atoms with Crippen molar-refractivity contribution in [1.82, 2.24) is 0 Å². The second kappa shape index (κ2) is 3.32. The van der Waals surface area contributed by atoms with E-state index in [1.54, 1.807) is 12.1 Å². The van der Waals surface area contributed by atoms with Crippen molar-refractivity contribution >= 4 is 50.3 Å². The van der Waals surface area contributed by atoms with Crippen molar-refractivity contribution < 1.29 is 0 Å². The smallest absolute Gasteiger partial charge is 0.129 e. The molecule has 0 atom stereocenters. The van der Waals surface area contributed by atoms with Crippen molar-refractivity contribution in [3.05, 3.63) is 27.1 Å². The van der Waals surface area contributed by atoms with E-state index >= 15 is 0 Å². The molecule has 2 nitrogen and oxygen atoms in total. The van der Waals surface area contributed by atoms with E-state index in [-0.39, 0.29) is 0 Å². The van der Waals surface area contributed by atoms with Gasteiger partial charge in [0.2, 0.25) is 0 Å². The van der Waals surface area contributed by atoms with E-state index in [1.807, 2.05) is 6.07 Å². The monoisotopic (exact) mass is 242 g/mol. The zero-order valence-electron chi connectivity index (χ0n) is 6.84. The number of fused-ring (bicyclic) bond motifs is 1. The molecule has 14 heavy (non-hydrogen) atoms. The first-order valence-corrected chi connectivity index (χ1v) is 5.28. The van der Waals surface area contributed by atoms with Crippen LogP contribution in [0.3, 0.4) is 0 Å². The van der Waals surface area contributed by atoms with Crippen LogP contribution in [0.15, 0.2) is 12.1 Å². The summed E-state index contributed by atoms with van der Waals surface area (Å²) >= 11 is 13.2. The van der Waals surface area contributed by atoms with Crippen LogP contribution in [0.5, 0.6) is 0 Å². The lowest BCUT2D eigenvalue weighted by atomic mass is 10.2. The van der Waals surface area contributed by atoms with Gasteiger partial charge in [-0.1, -0.05) is 23.2 Å². The van der Waals surface area contributed by atoms with E-state index in [4.69, 9.17) is 34.2 Å². The molecule has 70 valence electrons. The number of halogens is 2. The molecule has 0 aliphatic carbocycles. The first-order chi connectivity index (χ1) is 6.65. The largest absolute Gasteiger partial charge is 0.396 e. The van der Waals surface area contributed by atoms with Gasteiger partial charge in [-0.2, -0.15) is 5.26 Å². The fourth-order valence-corrected chi connectivity index (χ4v) is 2.78. The van der Waals surface area contributed by atoms with Gasteiger partial charge < -0.3 is 5.73 Å². The van der Waals surface area contributed by atoms with Gasteiger partial charge in [-0.15, -0.1) is 11.3 Å². The molecular formula is C9H4Cl2N2S. The van der Waals surface area contributed by atoms with Crippen LogP contribution in [0.25, 0.3) is 10.1 Å². The molecule has 0 unspecified atom stereocenters. The van der Waals surface area contributed by atoms with Crippen LogP contribution in [-0.2, 0) is 0 Å². The maximum absolute atomic E-state index is 8.80. The summed E-state index contributed by atoms with van der Waals surface area (Å²) in [6, 6.07) is 5.39. The molecule has 1 aromatic carbocycles. The molecular weight excluding hydrogens is 239 g/mol. The second-order valence-corrected chi connectivity index (χ2v) is 4.53. The average Bonchev–Trinajstić information content (AvgIpc) is 2.51. The summed E-state index contributed by atoms with van der Waals surface area (Å²) in [6.07, 6.45) is 0. The third-order valence-electron chi connectivity index (χ3n) is 1.88. The highest BCUT2D eigenvalue weighted by Gasteiger charge is 2.14. The lowest BCUT2D eigenvalue weighted by molar-refractivity contribution is 1.52. The van der Waals surface area contributed by atoms with Crippen LogP contribution in [0.1, 0.15) is 4.88 Å². The van der Waals surface area contributed by atoms with Crippen LogP contribution in [-0.4, -0.2) is 0 Å². The molecule has 2 rings (SSSR count). The van der Waals surface area contributed by atoms with E-state index in [1.165, 1.54) is 11.3 Å². The summed E-state index contributed by atoms with van der Waals surface area (Å²) in [7, 11) is 0. The molecule has 0 radical (unpaired) electrons. The molecule has 0 aliphatic rings. The SMILES string of the molecule is N#Cc1sc2c(Cl)ccc(Cl)c2c1N. The maximum Gasteiger partial charge on any atom is 0.129 e. The molecule has 0 spiro atoms. The molecule has 0 aliphatic heterocycles. The van der Waals surface area contributed by atoms with Crippen LogP contribution in [0, 0.1) is 11.3 Å². The highest BCUT2D eigenvalue weighted by molar-refractivity contribution is 7.21. The Balaban J connectivity index is 2.99. The summed E-state index contributed by atoms with van der Waals surface area (Å²) in [5.41, 5.74) is 6.18. The Bertz CT molecular complexity index is 554. The fraction of sp³-hybridized carbons (Fsp3) is 0. The van der Waals surface area contributed by atoms with Gasteiger partial charge in [0.1, 0.15) is 10.9 Å². The molecule has 1 heterocycles. The summed E-state index contributed by atoms with van der Waals surface area (Å²) in [4.78, 5) is 0.454. The van der Waals surface area contributed by atoms with Crippen LogP contribution >= 0.6 is 34.5 Å².